The Morgan fingerprint density at radius 2 is 1.97 bits per heavy atom. The van der Waals surface area contributed by atoms with Crippen molar-refractivity contribution in [2.45, 2.75) is 71.4 Å². The van der Waals surface area contributed by atoms with Crippen molar-refractivity contribution in [3.63, 3.8) is 0 Å². The van der Waals surface area contributed by atoms with E-state index in [0.717, 1.165) is 41.7 Å². The summed E-state index contributed by atoms with van der Waals surface area (Å²) in [7, 11) is 1.65. The molecule has 1 heterocycles. The summed E-state index contributed by atoms with van der Waals surface area (Å²) >= 11 is 6.17. The van der Waals surface area contributed by atoms with E-state index < -0.39 is 11.9 Å². The Labute approximate surface area is 229 Å². The number of fused-ring (bicyclic) bond motifs is 1. The van der Waals surface area contributed by atoms with E-state index in [1.165, 1.54) is 6.07 Å². The van der Waals surface area contributed by atoms with Crippen LogP contribution < -0.4 is 25.4 Å². The molecule has 1 aliphatic heterocycles. The maximum Gasteiger partial charge on any atom is 0.255 e. The Bertz CT molecular complexity index is 1150. The first kappa shape index (κ1) is 29.3. The lowest BCUT2D eigenvalue weighted by molar-refractivity contribution is -0.124. The highest BCUT2D eigenvalue weighted by Crippen LogP contribution is 2.29. The first-order chi connectivity index (χ1) is 18.2. The van der Waals surface area contributed by atoms with Gasteiger partial charge in [0, 0.05) is 24.5 Å². The van der Waals surface area contributed by atoms with Gasteiger partial charge in [0.2, 0.25) is 11.8 Å². The summed E-state index contributed by atoms with van der Waals surface area (Å²) in [5, 5.41) is 9.02. The molecule has 2 aromatic rings. The van der Waals surface area contributed by atoms with E-state index in [4.69, 9.17) is 21.1 Å². The third-order valence-corrected chi connectivity index (χ3v) is 6.87. The number of carbonyl (C=O) groups is 3. The van der Waals surface area contributed by atoms with Gasteiger partial charge in [0.05, 0.1) is 19.3 Å². The Kier molecular flexibility index (Phi) is 10.8. The van der Waals surface area contributed by atoms with Crippen molar-refractivity contribution in [2.75, 3.05) is 20.3 Å². The number of carbonyl (C=O) groups excluding carboxylic acids is 3. The molecule has 3 amide bonds. The number of nitrogens with one attached hydrogen (secondary N) is 3. The van der Waals surface area contributed by atoms with Gasteiger partial charge in [-0.2, -0.15) is 0 Å². The monoisotopic (exact) mass is 543 g/mol. The summed E-state index contributed by atoms with van der Waals surface area (Å²) in [6, 6.07) is 7.93. The first-order valence-corrected chi connectivity index (χ1v) is 13.5. The van der Waals surface area contributed by atoms with Crippen LogP contribution in [0.1, 0.15) is 78.9 Å². The number of hydrogen-bond acceptors (Lipinski definition) is 5. The van der Waals surface area contributed by atoms with Crippen LogP contribution in [0.25, 0.3) is 0 Å². The fraction of sp³-hybridized carbons (Fsp3) is 0.483. The molecule has 0 saturated carbocycles. The lowest BCUT2D eigenvalue weighted by Crippen LogP contribution is -2.47. The molecule has 0 aliphatic carbocycles. The molecule has 0 spiro atoms. The molecule has 206 valence electrons. The van der Waals surface area contributed by atoms with E-state index in [9.17, 15) is 14.4 Å². The van der Waals surface area contributed by atoms with Crippen LogP contribution >= 0.6 is 11.6 Å². The fourth-order valence-corrected chi connectivity index (χ4v) is 4.53. The van der Waals surface area contributed by atoms with E-state index in [2.05, 4.69) is 29.8 Å². The third-order valence-electron chi connectivity index (χ3n) is 6.63. The van der Waals surface area contributed by atoms with E-state index in [1.54, 1.807) is 19.2 Å². The van der Waals surface area contributed by atoms with Crippen molar-refractivity contribution in [2.24, 2.45) is 0 Å². The fourth-order valence-electron chi connectivity index (χ4n) is 4.36. The number of rotatable bonds is 5. The van der Waals surface area contributed by atoms with Crippen molar-refractivity contribution in [1.82, 2.24) is 16.0 Å². The summed E-state index contributed by atoms with van der Waals surface area (Å²) in [5.74, 6) is 0.453. The minimum absolute atomic E-state index is 0.107. The molecule has 0 saturated heterocycles. The van der Waals surface area contributed by atoms with Crippen molar-refractivity contribution in [1.29, 1.82) is 0 Å². The van der Waals surface area contributed by atoms with E-state index >= 15 is 0 Å². The normalized spacial score (nSPS) is 17.3. The van der Waals surface area contributed by atoms with Gasteiger partial charge in [-0.25, -0.2) is 0 Å². The van der Waals surface area contributed by atoms with E-state index in [-0.39, 0.29) is 42.7 Å². The Morgan fingerprint density at radius 3 is 2.71 bits per heavy atom. The predicted octanol–water partition coefficient (Wildman–Crippen LogP) is 4.65. The summed E-state index contributed by atoms with van der Waals surface area (Å²) in [4.78, 5) is 39.0. The standard InChI is InChI=1S/C29H38ClN3O5/c1-18(2)22-15-20(19(3)14-26(22)37-4)17-32-29(36)24-9-11-27(34)31-12-6-5-7-13-38-25-10-8-21(30)16-23(25)28(35)33-24/h8,10,14-16,18,24H,5-7,9,11-13,17H2,1-4H3,(H,31,34)(H,32,36)(H,33,35)/t24-/m0/s1. The number of methoxy groups -OCH3 is 1. The number of amides is 3. The van der Waals surface area contributed by atoms with Gasteiger partial charge in [-0.1, -0.05) is 25.4 Å². The molecule has 3 N–H and O–H groups in total. The SMILES string of the molecule is COc1cc(C)c(CNC(=O)[C@@H]2CCC(=O)NCCCCCOc3ccc(Cl)cc3C(=O)N2)cc1C(C)C. The highest BCUT2D eigenvalue weighted by Gasteiger charge is 2.25. The summed E-state index contributed by atoms with van der Waals surface area (Å²) in [5.41, 5.74) is 3.24. The molecular weight excluding hydrogens is 506 g/mol. The summed E-state index contributed by atoms with van der Waals surface area (Å²) in [6.45, 7) is 7.40. The molecule has 2 aromatic carbocycles. The zero-order chi connectivity index (χ0) is 27.7. The number of ether oxygens (including phenoxy) is 2. The van der Waals surface area contributed by atoms with Gasteiger partial charge in [-0.05, 0) is 85.5 Å². The molecule has 38 heavy (non-hydrogen) atoms. The third kappa shape index (κ3) is 8.12. The highest BCUT2D eigenvalue weighted by atomic mass is 35.5. The van der Waals surface area contributed by atoms with Gasteiger partial charge in [0.25, 0.3) is 5.91 Å². The first-order valence-electron chi connectivity index (χ1n) is 13.1. The summed E-state index contributed by atoms with van der Waals surface area (Å²) in [6.07, 6.45) is 2.75. The molecule has 3 rings (SSSR count). The Balaban J connectivity index is 1.81. The molecule has 1 aliphatic rings. The molecule has 0 aromatic heterocycles. The number of hydrogen-bond donors (Lipinski definition) is 3. The van der Waals surface area contributed by atoms with Gasteiger partial charge in [0.15, 0.2) is 0 Å². The second-order valence-electron chi connectivity index (χ2n) is 9.86. The zero-order valence-electron chi connectivity index (χ0n) is 22.6. The number of aryl methyl sites for hydroxylation is 1. The number of benzene rings is 2. The average Bonchev–Trinajstić information content (AvgIpc) is 2.89. The second-order valence-corrected chi connectivity index (χ2v) is 10.3. The van der Waals surface area contributed by atoms with Crippen molar-refractivity contribution < 1.29 is 23.9 Å². The van der Waals surface area contributed by atoms with Crippen LogP contribution in [0.4, 0.5) is 0 Å². The van der Waals surface area contributed by atoms with Crippen molar-refractivity contribution in [3.8, 4) is 11.5 Å². The topological polar surface area (TPSA) is 106 Å². The maximum atomic E-state index is 13.3. The van der Waals surface area contributed by atoms with Crippen LogP contribution in [0.15, 0.2) is 30.3 Å². The maximum absolute atomic E-state index is 13.3. The zero-order valence-corrected chi connectivity index (χ0v) is 23.4. The van der Waals surface area contributed by atoms with Crippen LogP contribution in [-0.4, -0.2) is 44.0 Å². The van der Waals surface area contributed by atoms with Gasteiger partial charge < -0.3 is 25.4 Å². The van der Waals surface area contributed by atoms with Crippen LogP contribution in [0.3, 0.4) is 0 Å². The Hall–Kier alpha value is -3.26. The van der Waals surface area contributed by atoms with Gasteiger partial charge in [-0.15, -0.1) is 0 Å². The van der Waals surface area contributed by atoms with Gasteiger partial charge >= 0.3 is 0 Å². The highest BCUT2D eigenvalue weighted by molar-refractivity contribution is 6.31. The molecule has 1 atom stereocenters. The van der Waals surface area contributed by atoms with E-state index in [1.807, 2.05) is 19.1 Å². The van der Waals surface area contributed by atoms with Crippen LogP contribution in [0.5, 0.6) is 11.5 Å². The molecule has 0 fully saturated rings. The molecular formula is C29H38ClN3O5. The van der Waals surface area contributed by atoms with Crippen molar-refractivity contribution >= 4 is 29.3 Å². The molecule has 0 bridgehead atoms. The molecule has 9 heteroatoms. The van der Waals surface area contributed by atoms with Crippen LogP contribution in [-0.2, 0) is 16.1 Å². The van der Waals surface area contributed by atoms with Crippen LogP contribution in [0, 0.1) is 6.92 Å². The molecule has 8 nitrogen and oxygen atoms in total. The quantitative estimate of drug-likeness (QED) is 0.509. The average molecular weight is 544 g/mol. The van der Waals surface area contributed by atoms with Gasteiger partial charge in [-0.3, -0.25) is 14.4 Å². The molecule has 0 unspecified atom stereocenters. The Morgan fingerprint density at radius 1 is 1.18 bits per heavy atom. The van der Waals surface area contributed by atoms with Crippen LogP contribution in [0.2, 0.25) is 5.02 Å². The lowest BCUT2D eigenvalue weighted by atomic mass is 9.96. The molecule has 0 radical (unpaired) electrons. The minimum atomic E-state index is -0.923. The van der Waals surface area contributed by atoms with E-state index in [0.29, 0.717) is 23.9 Å². The predicted molar refractivity (Wildman–Crippen MR) is 148 cm³/mol. The minimum Gasteiger partial charge on any atom is -0.496 e. The van der Waals surface area contributed by atoms with Gasteiger partial charge in [0.1, 0.15) is 17.5 Å². The van der Waals surface area contributed by atoms with Crippen molar-refractivity contribution in [3.05, 3.63) is 57.6 Å². The number of halogens is 1. The largest absolute Gasteiger partial charge is 0.496 e. The smallest absolute Gasteiger partial charge is 0.255 e. The second kappa shape index (κ2) is 14.0. The summed E-state index contributed by atoms with van der Waals surface area (Å²) < 4.78 is 11.4. The lowest BCUT2D eigenvalue weighted by Gasteiger charge is -2.21.